The number of nitrogens with one attached hydrogen (secondary N) is 2. The van der Waals surface area contributed by atoms with E-state index in [9.17, 15) is 19.5 Å². The summed E-state index contributed by atoms with van der Waals surface area (Å²) in [4.78, 5) is 46.2. The molecule has 3 rings (SSSR count). The van der Waals surface area contributed by atoms with Crippen molar-refractivity contribution < 1.29 is 19.5 Å². The van der Waals surface area contributed by atoms with Crippen molar-refractivity contribution in [2.24, 2.45) is 10.8 Å². The van der Waals surface area contributed by atoms with Crippen LogP contribution in [0.25, 0.3) is 10.4 Å². The number of rotatable bonds is 6. The molecule has 8 nitrogen and oxygen atoms in total. The Balaban J connectivity index is 1.69. The Kier molecular flexibility index (Phi) is 8.25. The molecule has 2 aromatic rings. The Morgan fingerprint density at radius 2 is 1.78 bits per heavy atom. The van der Waals surface area contributed by atoms with Gasteiger partial charge in [0, 0.05) is 24.9 Å². The summed E-state index contributed by atoms with van der Waals surface area (Å²) >= 11 is 1.59. The third-order valence-electron chi connectivity index (χ3n) is 6.36. The normalized spacial score (nSPS) is 19.2. The van der Waals surface area contributed by atoms with Gasteiger partial charge in [0.25, 0.3) is 0 Å². The van der Waals surface area contributed by atoms with Crippen LogP contribution >= 0.6 is 11.3 Å². The fraction of sp³-hybridized carbons (Fsp3) is 0.556. The van der Waals surface area contributed by atoms with E-state index >= 15 is 0 Å². The van der Waals surface area contributed by atoms with Gasteiger partial charge in [0.1, 0.15) is 12.1 Å². The average Bonchev–Trinajstić information content (AvgIpc) is 3.39. The maximum Gasteiger partial charge on any atom is 0.246 e. The Labute approximate surface area is 217 Å². The van der Waals surface area contributed by atoms with Crippen LogP contribution in [0.4, 0.5) is 0 Å². The number of aromatic nitrogens is 1. The number of thiazole rings is 1. The lowest BCUT2D eigenvalue weighted by Crippen LogP contribution is -2.59. The van der Waals surface area contributed by atoms with E-state index in [1.807, 2.05) is 57.5 Å². The molecular weight excluding hydrogens is 476 g/mol. The number of aliphatic hydroxyl groups excluding tert-OH is 1. The molecule has 3 unspecified atom stereocenters. The highest BCUT2D eigenvalue weighted by molar-refractivity contribution is 7.13. The van der Waals surface area contributed by atoms with E-state index in [0.29, 0.717) is 6.54 Å². The molecule has 0 bridgehead atoms. The summed E-state index contributed by atoms with van der Waals surface area (Å²) in [5.41, 5.74) is 3.56. The number of carbonyl (C=O) groups is 3. The maximum absolute atomic E-state index is 13.6. The van der Waals surface area contributed by atoms with Crippen molar-refractivity contribution in [3.8, 4) is 10.4 Å². The molecule has 3 N–H and O–H groups in total. The molecular formula is C27H38N4O4S. The van der Waals surface area contributed by atoms with E-state index in [1.54, 1.807) is 32.1 Å². The van der Waals surface area contributed by atoms with Crippen LogP contribution in [0.15, 0.2) is 29.8 Å². The van der Waals surface area contributed by atoms with Gasteiger partial charge in [-0.3, -0.25) is 14.4 Å². The second-order valence-electron chi connectivity index (χ2n) is 11.6. The SMILES string of the molecule is Cc1ncsc1-c1ccc(CNC(=O)C2CC(O)CN2C(=O)C(NC(=O)C(C)(C)C)C(C)(C)C)cc1. The van der Waals surface area contributed by atoms with E-state index in [2.05, 4.69) is 15.6 Å². The Bertz CT molecular complexity index is 1100. The van der Waals surface area contributed by atoms with Crippen LogP contribution in [0, 0.1) is 17.8 Å². The van der Waals surface area contributed by atoms with Gasteiger partial charge in [0.05, 0.1) is 22.2 Å². The zero-order valence-corrected chi connectivity index (χ0v) is 23.0. The summed E-state index contributed by atoms with van der Waals surface area (Å²) in [7, 11) is 0. The third-order valence-corrected chi connectivity index (χ3v) is 7.34. The number of aryl methyl sites for hydroxylation is 1. The van der Waals surface area contributed by atoms with Crippen molar-refractivity contribution >= 4 is 29.1 Å². The summed E-state index contributed by atoms with van der Waals surface area (Å²) in [6.45, 7) is 13.3. The first-order chi connectivity index (χ1) is 16.7. The van der Waals surface area contributed by atoms with E-state index in [4.69, 9.17) is 0 Å². The standard InChI is InChI=1S/C27H38N4O4S/c1-16-21(36-15-29-16)18-10-8-17(9-11-18)13-28-23(33)20-12-19(32)14-31(20)24(34)22(26(2,3)4)30-25(35)27(5,6)7/h8-11,15,19-20,22,32H,12-14H2,1-7H3,(H,28,33)(H,30,35). The number of benzene rings is 1. The molecule has 0 radical (unpaired) electrons. The van der Waals surface area contributed by atoms with Gasteiger partial charge in [-0.2, -0.15) is 0 Å². The van der Waals surface area contributed by atoms with Crippen LogP contribution in [-0.2, 0) is 20.9 Å². The summed E-state index contributed by atoms with van der Waals surface area (Å²) in [6, 6.07) is 6.29. The molecule has 3 atom stereocenters. The second kappa shape index (κ2) is 10.7. The first-order valence-electron chi connectivity index (χ1n) is 12.2. The van der Waals surface area contributed by atoms with E-state index in [0.717, 1.165) is 21.7 Å². The van der Waals surface area contributed by atoms with Crippen LogP contribution in [0.2, 0.25) is 0 Å². The van der Waals surface area contributed by atoms with Crippen molar-refractivity contribution in [3.05, 3.63) is 41.0 Å². The van der Waals surface area contributed by atoms with Gasteiger partial charge in [-0.1, -0.05) is 65.8 Å². The van der Waals surface area contributed by atoms with Crippen molar-refractivity contribution in [1.82, 2.24) is 20.5 Å². The highest BCUT2D eigenvalue weighted by Gasteiger charge is 2.45. The quantitative estimate of drug-likeness (QED) is 0.548. The number of β-amino-alcohol motifs (C(OH)–C–C–N with tert-alkyl or cyclic N) is 1. The number of likely N-dealkylation sites (tertiary alicyclic amines) is 1. The average molecular weight is 515 g/mol. The second-order valence-corrected chi connectivity index (χ2v) is 12.5. The minimum absolute atomic E-state index is 0.0534. The zero-order chi connectivity index (χ0) is 26.8. The fourth-order valence-electron chi connectivity index (χ4n) is 4.13. The van der Waals surface area contributed by atoms with Crippen LogP contribution in [0.3, 0.4) is 0 Å². The highest BCUT2D eigenvalue weighted by atomic mass is 32.1. The van der Waals surface area contributed by atoms with Crippen LogP contribution in [-0.4, -0.2) is 57.4 Å². The van der Waals surface area contributed by atoms with E-state index in [1.165, 1.54) is 4.90 Å². The molecule has 9 heteroatoms. The molecule has 3 amide bonds. The smallest absolute Gasteiger partial charge is 0.246 e. The van der Waals surface area contributed by atoms with Crippen LogP contribution < -0.4 is 10.6 Å². The maximum atomic E-state index is 13.6. The molecule has 0 spiro atoms. The molecule has 1 aromatic heterocycles. The Hall–Kier alpha value is -2.78. The summed E-state index contributed by atoms with van der Waals surface area (Å²) in [6.07, 6.45) is -0.642. The number of hydrogen-bond donors (Lipinski definition) is 3. The van der Waals surface area contributed by atoms with Gasteiger partial charge < -0.3 is 20.6 Å². The lowest BCUT2D eigenvalue weighted by atomic mass is 9.84. The van der Waals surface area contributed by atoms with Gasteiger partial charge in [-0.25, -0.2) is 4.98 Å². The topological polar surface area (TPSA) is 112 Å². The number of amides is 3. The molecule has 0 aliphatic carbocycles. The lowest BCUT2D eigenvalue weighted by Gasteiger charge is -2.36. The van der Waals surface area contributed by atoms with Gasteiger partial charge in [0.15, 0.2) is 0 Å². The number of hydrogen-bond acceptors (Lipinski definition) is 6. The molecule has 1 aliphatic heterocycles. The monoisotopic (exact) mass is 514 g/mol. The van der Waals surface area contributed by atoms with Crippen LogP contribution in [0.1, 0.15) is 59.2 Å². The lowest BCUT2D eigenvalue weighted by molar-refractivity contribution is -0.145. The predicted octanol–water partition coefficient (Wildman–Crippen LogP) is 3.27. The van der Waals surface area contributed by atoms with Gasteiger partial charge in [-0.15, -0.1) is 11.3 Å². The number of carbonyl (C=O) groups excluding carboxylic acids is 3. The van der Waals surface area contributed by atoms with Crippen LogP contribution in [0.5, 0.6) is 0 Å². The minimum atomic E-state index is -0.826. The third kappa shape index (κ3) is 6.50. The zero-order valence-electron chi connectivity index (χ0n) is 22.2. The molecule has 196 valence electrons. The first kappa shape index (κ1) is 27.8. The molecule has 0 saturated carbocycles. The Morgan fingerprint density at radius 1 is 1.14 bits per heavy atom. The molecule has 2 heterocycles. The Morgan fingerprint density at radius 3 is 2.31 bits per heavy atom. The molecule has 1 saturated heterocycles. The summed E-state index contributed by atoms with van der Waals surface area (Å²) < 4.78 is 0. The van der Waals surface area contributed by atoms with Crippen molar-refractivity contribution in [2.75, 3.05) is 6.54 Å². The largest absolute Gasteiger partial charge is 0.391 e. The molecule has 36 heavy (non-hydrogen) atoms. The van der Waals surface area contributed by atoms with Crippen molar-refractivity contribution in [3.63, 3.8) is 0 Å². The molecule has 1 aliphatic rings. The summed E-state index contributed by atoms with van der Waals surface area (Å²) in [5.74, 6) is -0.924. The summed E-state index contributed by atoms with van der Waals surface area (Å²) in [5, 5.41) is 16.1. The fourth-order valence-corrected chi connectivity index (χ4v) is 4.94. The van der Waals surface area contributed by atoms with Gasteiger partial charge in [0.2, 0.25) is 17.7 Å². The highest BCUT2D eigenvalue weighted by Crippen LogP contribution is 2.28. The predicted molar refractivity (Wildman–Crippen MR) is 141 cm³/mol. The van der Waals surface area contributed by atoms with Gasteiger partial charge >= 0.3 is 0 Å². The van der Waals surface area contributed by atoms with Gasteiger partial charge in [-0.05, 0) is 23.5 Å². The molecule has 1 aromatic carbocycles. The van der Waals surface area contributed by atoms with Crippen molar-refractivity contribution in [2.45, 2.75) is 79.6 Å². The van der Waals surface area contributed by atoms with Crippen molar-refractivity contribution in [1.29, 1.82) is 0 Å². The molecule has 1 fully saturated rings. The number of nitrogens with zero attached hydrogens (tertiary/aromatic N) is 2. The first-order valence-corrected chi connectivity index (χ1v) is 13.1. The number of aliphatic hydroxyl groups is 1. The van der Waals surface area contributed by atoms with E-state index in [-0.39, 0.29) is 30.7 Å². The minimum Gasteiger partial charge on any atom is -0.391 e. The van der Waals surface area contributed by atoms with E-state index < -0.39 is 29.0 Å².